The first-order valence-electron chi connectivity index (χ1n) is 5.32. The van der Waals surface area contributed by atoms with Crippen molar-refractivity contribution in [1.29, 1.82) is 0 Å². The number of hydrogen-bond donors (Lipinski definition) is 2. The van der Waals surface area contributed by atoms with Gasteiger partial charge in [0.2, 0.25) is 0 Å². The number of carbonyl (C=O) groups is 2. The van der Waals surface area contributed by atoms with Crippen LogP contribution in [0.3, 0.4) is 0 Å². The van der Waals surface area contributed by atoms with Crippen LogP contribution in [-0.2, 0) is 6.54 Å². The SMILES string of the molecule is O=C(O)c1cc(C[n+]2ccncc2)cnc1C(=O)O. The van der Waals surface area contributed by atoms with Crippen molar-refractivity contribution in [3.63, 3.8) is 0 Å². The first-order chi connectivity index (χ1) is 9.08. The number of carboxylic acid groups (broad SMARTS) is 2. The third-order valence-electron chi connectivity index (χ3n) is 2.43. The molecule has 0 aliphatic rings. The van der Waals surface area contributed by atoms with Crippen LogP contribution in [0.1, 0.15) is 26.4 Å². The van der Waals surface area contributed by atoms with Crippen molar-refractivity contribution in [2.45, 2.75) is 6.54 Å². The molecule has 0 amide bonds. The number of carboxylic acids is 2. The Morgan fingerprint density at radius 3 is 2.42 bits per heavy atom. The summed E-state index contributed by atoms with van der Waals surface area (Å²) in [6.07, 6.45) is 7.97. The number of nitrogens with zero attached hydrogens (tertiary/aromatic N) is 3. The second kappa shape index (κ2) is 5.21. The van der Waals surface area contributed by atoms with Gasteiger partial charge < -0.3 is 10.2 Å². The second-order valence-electron chi connectivity index (χ2n) is 3.77. The van der Waals surface area contributed by atoms with Gasteiger partial charge in [0.25, 0.3) is 0 Å². The molecule has 7 nitrogen and oxygen atoms in total. The lowest BCUT2D eigenvalue weighted by molar-refractivity contribution is -0.688. The summed E-state index contributed by atoms with van der Waals surface area (Å²) in [4.78, 5) is 29.4. The summed E-state index contributed by atoms with van der Waals surface area (Å²) in [6, 6.07) is 1.31. The first-order valence-corrected chi connectivity index (χ1v) is 5.32. The van der Waals surface area contributed by atoms with E-state index in [9.17, 15) is 9.59 Å². The molecule has 0 unspecified atom stereocenters. The van der Waals surface area contributed by atoms with Crippen LogP contribution >= 0.6 is 0 Å². The van der Waals surface area contributed by atoms with Gasteiger partial charge in [0, 0.05) is 11.8 Å². The highest BCUT2D eigenvalue weighted by Crippen LogP contribution is 2.09. The van der Waals surface area contributed by atoms with Crippen molar-refractivity contribution >= 4 is 11.9 Å². The third-order valence-corrected chi connectivity index (χ3v) is 2.43. The average molecular weight is 260 g/mol. The summed E-state index contributed by atoms with van der Waals surface area (Å²) in [7, 11) is 0. The molecule has 2 aromatic heterocycles. The van der Waals surface area contributed by atoms with Gasteiger partial charge >= 0.3 is 11.9 Å². The lowest BCUT2D eigenvalue weighted by Gasteiger charge is -2.03. The van der Waals surface area contributed by atoms with Crippen LogP contribution in [0.5, 0.6) is 0 Å². The van der Waals surface area contributed by atoms with Crippen molar-refractivity contribution in [2.24, 2.45) is 0 Å². The Labute approximate surface area is 107 Å². The van der Waals surface area contributed by atoms with Crippen LogP contribution in [0, 0.1) is 0 Å². The zero-order valence-electron chi connectivity index (χ0n) is 9.72. The lowest BCUT2D eigenvalue weighted by atomic mass is 10.1. The van der Waals surface area contributed by atoms with E-state index in [2.05, 4.69) is 9.97 Å². The number of rotatable bonds is 4. The van der Waals surface area contributed by atoms with Gasteiger partial charge in [-0.3, -0.25) is 4.98 Å². The van der Waals surface area contributed by atoms with Crippen LogP contribution in [0.4, 0.5) is 0 Å². The van der Waals surface area contributed by atoms with Crippen LogP contribution in [0.15, 0.2) is 37.1 Å². The van der Waals surface area contributed by atoms with Crippen LogP contribution in [-0.4, -0.2) is 32.1 Å². The third kappa shape index (κ3) is 2.89. The number of pyridine rings is 1. The van der Waals surface area contributed by atoms with E-state index in [1.807, 2.05) is 0 Å². The van der Waals surface area contributed by atoms with Gasteiger partial charge in [-0.1, -0.05) is 0 Å². The fraction of sp³-hybridized carbons (Fsp3) is 0.0833. The van der Waals surface area contributed by atoms with E-state index in [1.54, 1.807) is 29.4 Å². The predicted octanol–water partition coefficient (Wildman–Crippen LogP) is 0.209. The quantitative estimate of drug-likeness (QED) is 0.761. The molecule has 0 bridgehead atoms. The van der Waals surface area contributed by atoms with E-state index in [0.29, 0.717) is 12.1 Å². The van der Waals surface area contributed by atoms with Crippen LogP contribution in [0.2, 0.25) is 0 Å². The summed E-state index contributed by atoms with van der Waals surface area (Å²) in [5, 5.41) is 17.8. The molecular formula is C12H10N3O4+. The standard InChI is InChI=1S/C12H9N3O4/c16-11(17)9-5-8(6-14-10(9)12(18)19)7-15-3-1-13-2-4-15/h1-6H,7H2,(H-,16,17,18,19)/p+1. The van der Waals surface area contributed by atoms with Crippen molar-refractivity contribution in [1.82, 2.24) is 9.97 Å². The molecule has 0 spiro atoms. The minimum Gasteiger partial charge on any atom is -0.478 e. The molecule has 19 heavy (non-hydrogen) atoms. The molecule has 2 aromatic rings. The minimum absolute atomic E-state index is 0.320. The van der Waals surface area contributed by atoms with E-state index in [-0.39, 0.29) is 5.56 Å². The Morgan fingerprint density at radius 2 is 1.84 bits per heavy atom. The average Bonchev–Trinajstić information content (AvgIpc) is 2.39. The van der Waals surface area contributed by atoms with Crippen molar-refractivity contribution in [2.75, 3.05) is 0 Å². The Morgan fingerprint density at radius 1 is 1.16 bits per heavy atom. The molecule has 2 heterocycles. The Kier molecular flexibility index (Phi) is 3.46. The number of aromatic carboxylic acids is 2. The Bertz CT molecular complexity index is 628. The summed E-state index contributed by atoms with van der Waals surface area (Å²) in [6.45, 7) is 0.385. The van der Waals surface area contributed by atoms with Gasteiger partial charge in [0.05, 0.1) is 18.0 Å². The Hall–Kier alpha value is -2.83. The maximum absolute atomic E-state index is 11.0. The molecular weight excluding hydrogens is 250 g/mol. The molecule has 7 heteroatoms. The second-order valence-corrected chi connectivity index (χ2v) is 3.77. The molecule has 0 saturated carbocycles. The van der Waals surface area contributed by atoms with Crippen molar-refractivity contribution < 1.29 is 24.4 Å². The van der Waals surface area contributed by atoms with Gasteiger partial charge in [0.15, 0.2) is 24.6 Å². The summed E-state index contributed by atoms with van der Waals surface area (Å²) in [5.41, 5.74) is -0.186. The zero-order chi connectivity index (χ0) is 13.8. The molecule has 0 atom stereocenters. The van der Waals surface area contributed by atoms with Gasteiger partial charge in [-0.2, -0.15) is 4.57 Å². The summed E-state index contributed by atoms with van der Waals surface area (Å²) < 4.78 is 1.77. The normalized spacial score (nSPS) is 10.1. The molecule has 2 N–H and O–H groups in total. The largest absolute Gasteiger partial charge is 0.478 e. The highest BCUT2D eigenvalue weighted by atomic mass is 16.4. The molecule has 0 radical (unpaired) electrons. The molecule has 96 valence electrons. The monoisotopic (exact) mass is 260 g/mol. The molecule has 0 aromatic carbocycles. The smallest absolute Gasteiger partial charge is 0.355 e. The molecule has 2 rings (SSSR count). The van der Waals surface area contributed by atoms with Crippen LogP contribution in [0.25, 0.3) is 0 Å². The van der Waals surface area contributed by atoms with Gasteiger partial charge in [-0.05, 0) is 6.07 Å². The number of aromatic nitrogens is 3. The summed E-state index contributed by atoms with van der Waals surface area (Å²) >= 11 is 0. The number of hydrogen-bond acceptors (Lipinski definition) is 4. The van der Waals surface area contributed by atoms with Gasteiger partial charge in [0.1, 0.15) is 0 Å². The van der Waals surface area contributed by atoms with E-state index in [0.717, 1.165) is 0 Å². The fourth-order valence-electron chi connectivity index (χ4n) is 1.59. The first kappa shape index (κ1) is 12.6. The highest BCUT2D eigenvalue weighted by molar-refractivity contribution is 6.00. The van der Waals surface area contributed by atoms with Gasteiger partial charge in [-0.25, -0.2) is 14.6 Å². The van der Waals surface area contributed by atoms with Gasteiger partial charge in [-0.15, -0.1) is 0 Å². The van der Waals surface area contributed by atoms with E-state index >= 15 is 0 Å². The maximum Gasteiger partial charge on any atom is 0.355 e. The topological polar surface area (TPSA) is 104 Å². The molecule has 0 fully saturated rings. The maximum atomic E-state index is 11.0. The molecule has 0 aliphatic heterocycles. The highest BCUT2D eigenvalue weighted by Gasteiger charge is 2.19. The van der Waals surface area contributed by atoms with E-state index in [1.165, 1.54) is 12.3 Å². The van der Waals surface area contributed by atoms with Crippen molar-refractivity contribution in [3.05, 3.63) is 53.9 Å². The molecule has 0 aliphatic carbocycles. The predicted molar refractivity (Wildman–Crippen MR) is 61.7 cm³/mol. The lowest BCUT2D eigenvalue weighted by Crippen LogP contribution is -2.33. The van der Waals surface area contributed by atoms with Crippen LogP contribution < -0.4 is 4.57 Å². The molecule has 0 saturated heterocycles. The zero-order valence-corrected chi connectivity index (χ0v) is 9.72. The Balaban J connectivity index is 2.36. The van der Waals surface area contributed by atoms with E-state index < -0.39 is 17.6 Å². The fourth-order valence-corrected chi connectivity index (χ4v) is 1.59. The van der Waals surface area contributed by atoms with E-state index in [4.69, 9.17) is 10.2 Å². The van der Waals surface area contributed by atoms with Crippen molar-refractivity contribution in [3.8, 4) is 0 Å². The minimum atomic E-state index is -1.36. The summed E-state index contributed by atoms with van der Waals surface area (Å²) in [5.74, 6) is -2.67.